The third-order valence-electron chi connectivity index (χ3n) is 2.02. The van der Waals surface area contributed by atoms with Crippen LogP contribution in [0.5, 0.6) is 0 Å². The maximum Gasteiger partial charge on any atom is 0.142 e. The van der Waals surface area contributed by atoms with Gasteiger partial charge in [-0.2, -0.15) is 0 Å². The van der Waals surface area contributed by atoms with E-state index < -0.39 is 0 Å². The Morgan fingerprint density at radius 2 is 1.79 bits per heavy atom. The van der Waals surface area contributed by atoms with Crippen molar-refractivity contribution in [1.29, 1.82) is 0 Å². The van der Waals surface area contributed by atoms with Crippen molar-refractivity contribution in [3.8, 4) is 0 Å². The summed E-state index contributed by atoms with van der Waals surface area (Å²) < 4.78 is 0.763. The van der Waals surface area contributed by atoms with Gasteiger partial charge in [-0.1, -0.05) is 48.6 Å². The minimum Gasteiger partial charge on any atom is -0.341 e. The van der Waals surface area contributed by atoms with Crippen LogP contribution in [0.25, 0.3) is 10.8 Å². The van der Waals surface area contributed by atoms with Gasteiger partial charge in [-0.05, 0) is 34.0 Å². The van der Waals surface area contributed by atoms with Crippen LogP contribution in [0, 0.1) is 0 Å². The number of halogens is 1. The highest BCUT2D eigenvalue weighted by Gasteiger charge is 1.99. The Bertz CT molecular complexity index is 476. The molecule has 1 nitrogen and oxygen atoms in total. The van der Waals surface area contributed by atoms with E-state index in [4.69, 9.17) is 12.2 Å². The SMILES string of the molecule is S=C(I)Nc1cccc2ccccc12. The van der Waals surface area contributed by atoms with E-state index >= 15 is 0 Å². The molecule has 0 bridgehead atoms. The van der Waals surface area contributed by atoms with E-state index in [-0.39, 0.29) is 0 Å². The maximum absolute atomic E-state index is 5.02. The van der Waals surface area contributed by atoms with Gasteiger partial charge >= 0.3 is 0 Å². The third-order valence-corrected chi connectivity index (χ3v) is 2.39. The fraction of sp³-hybridized carbons (Fsp3) is 0. The monoisotopic (exact) mass is 313 g/mol. The molecule has 0 aliphatic rings. The number of anilines is 1. The number of rotatable bonds is 1. The fourth-order valence-electron chi connectivity index (χ4n) is 1.44. The molecule has 0 atom stereocenters. The predicted octanol–water partition coefficient (Wildman–Crippen LogP) is 3.97. The molecule has 0 aliphatic heterocycles. The van der Waals surface area contributed by atoms with Crippen LogP contribution in [-0.2, 0) is 0 Å². The van der Waals surface area contributed by atoms with Gasteiger partial charge in [0.05, 0.1) is 0 Å². The van der Waals surface area contributed by atoms with E-state index in [9.17, 15) is 0 Å². The molecule has 0 aromatic heterocycles. The first-order valence-corrected chi connectivity index (χ1v) is 5.70. The average molecular weight is 313 g/mol. The van der Waals surface area contributed by atoms with E-state index in [1.807, 2.05) is 24.3 Å². The zero-order valence-electron chi connectivity index (χ0n) is 7.33. The minimum atomic E-state index is 0.763. The molecule has 0 fully saturated rings. The molecule has 0 saturated heterocycles. The molecule has 0 radical (unpaired) electrons. The number of nitrogens with one attached hydrogen (secondary N) is 1. The summed E-state index contributed by atoms with van der Waals surface area (Å²) in [6.45, 7) is 0. The first-order chi connectivity index (χ1) is 6.77. The van der Waals surface area contributed by atoms with Gasteiger partial charge in [-0.3, -0.25) is 0 Å². The number of hydrogen-bond acceptors (Lipinski definition) is 1. The molecule has 14 heavy (non-hydrogen) atoms. The topological polar surface area (TPSA) is 12.0 Å². The highest BCUT2D eigenvalue weighted by atomic mass is 127. The van der Waals surface area contributed by atoms with Crippen molar-refractivity contribution in [1.82, 2.24) is 0 Å². The van der Waals surface area contributed by atoms with Crippen molar-refractivity contribution in [3.05, 3.63) is 42.5 Å². The molecule has 2 aromatic carbocycles. The lowest BCUT2D eigenvalue weighted by Crippen LogP contribution is -1.99. The quantitative estimate of drug-likeness (QED) is 0.370. The Morgan fingerprint density at radius 1 is 1.07 bits per heavy atom. The summed E-state index contributed by atoms with van der Waals surface area (Å²) in [5.41, 5.74) is 1.07. The van der Waals surface area contributed by atoms with Crippen LogP contribution in [0.4, 0.5) is 5.69 Å². The number of hydrogen-bond donors (Lipinski definition) is 1. The molecule has 0 spiro atoms. The molecule has 0 unspecified atom stereocenters. The molecule has 0 aliphatic carbocycles. The first-order valence-electron chi connectivity index (χ1n) is 4.21. The lowest BCUT2D eigenvalue weighted by Gasteiger charge is -2.06. The van der Waals surface area contributed by atoms with Gasteiger partial charge in [0.25, 0.3) is 0 Å². The molecule has 3 heteroatoms. The first kappa shape index (κ1) is 9.86. The number of fused-ring (bicyclic) bond motifs is 1. The Balaban J connectivity index is 2.59. The molecule has 1 N–H and O–H groups in total. The molecule has 0 saturated carbocycles. The fourth-order valence-corrected chi connectivity index (χ4v) is 1.84. The van der Waals surface area contributed by atoms with Crippen molar-refractivity contribution in [3.63, 3.8) is 0 Å². The molecule has 2 aromatic rings. The van der Waals surface area contributed by atoms with Crippen molar-refractivity contribution in [2.45, 2.75) is 0 Å². The number of benzene rings is 2. The predicted molar refractivity (Wildman–Crippen MR) is 74.2 cm³/mol. The van der Waals surface area contributed by atoms with E-state index in [0.29, 0.717) is 0 Å². The second-order valence-electron chi connectivity index (χ2n) is 2.93. The summed E-state index contributed by atoms with van der Waals surface area (Å²) in [7, 11) is 0. The van der Waals surface area contributed by atoms with E-state index in [1.54, 1.807) is 0 Å². The Kier molecular flexibility index (Phi) is 2.98. The molecule has 2 rings (SSSR count). The van der Waals surface area contributed by atoms with E-state index in [0.717, 1.165) is 8.68 Å². The molecular formula is C11H8INS. The third kappa shape index (κ3) is 2.04. The van der Waals surface area contributed by atoms with E-state index in [1.165, 1.54) is 10.8 Å². The Labute approximate surface area is 102 Å². The lowest BCUT2D eigenvalue weighted by molar-refractivity contribution is 1.71. The standard InChI is InChI=1S/C11H8INS/c12-11(14)13-10-7-3-5-8-4-1-2-6-9(8)10/h1-7H,(H,13,14). The van der Waals surface area contributed by atoms with Gasteiger partial charge in [0, 0.05) is 11.1 Å². The summed E-state index contributed by atoms with van der Waals surface area (Å²) >= 11 is 7.12. The van der Waals surface area contributed by atoms with Gasteiger partial charge in [-0.25, -0.2) is 0 Å². The molecule has 0 heterocycles. The van der Waals surface area contributed by atoms with Crippen molar-refractivity contribution in [2.24, 2.45) is 0 Å². The summed E-state index contributed by atoms with van der Waals surface area (Å²) in [5.74, 6) is 0. The van der Waals surface area contributed by atoms with Gasteiger partial charge < -0.3 is 5.32 Å². The zero-order valence-corrected chi connectivity index (χ0v) is 10.3. The Morgan fingerprint density at radius 3 is 2.57 bits per heavy atom. The van der Waals surface area contributed by atoms with Gasteiger partial charge in [0.2, 0.25) is 0 Å². The van der Waals surface area contributed by atoms with Crippen molar-refractivity contribution >= 4 is 54.3 Å². The van der Waals surface area contributed by atoms with Crippen LogP contribution in [0.3, 0.4) is 0 Å². The van der Waals surface area contributed by atoms with Crippen LogP contribution in [-0.4, -0.2) is 3.00 Å². The maximum atomic E-state index is 5.02. The smallest absolute Gasteiger partial charge is 0.142 e. The van der Waals surface area contributed by atoms with Gasteiger partial charge in [0.1, 0.15) is 3.00 Å². The van der Waals surface area contributed by atoms with E-state index in [2.05, 4.69) is 46.1 Å². The normalized spacial score (nSPS) is 10.1. The van der Waals surface area contributed by atoms with Crippen LogP contribution in [0.2, 0.25) is 0 Å². The molecule has 0 amide bonds. The summed E-state index contributed by atoms with van der Waals surface area (Å²) in [4.78, 5) is 0. The second-order valence-corrected chi connectivity index (χ2v) is 5.14. The van der Waals surface area contributed by atoms with Crippen LogP contribution in [0.1, 0.15) is 0 Å². The van der Waals surface area contributed by atoms with Crippen molar-refractivity contribution < 1.29 is 0 Å². The van der Waals surface area contributed by atoms with Crippen LogP contribution >= 0.6 is 34.8 Å². The largest absolute Gasteiger partial charge is 0.341 e. The number of thiocarbonyl (C=S) groups is 1. The molecule has 70 valence electrons. The second kappa shape index (κ2) is 4.23. The van der Waals surface area contributed by atoms with Gasteiger partial charge in [-0.15, -0.1) is 0 Å². The Hall–Kier alpha value is -0.680. The lowest BCUT2D eigenvalue weighted by atomic mass is 10.1. The highest BCUT2D eigenvalue weighted by molar-refractivity contribution is 14.1. The van der Waals surface area contributed by atoms with Crippen molar-refractivity contribution in [2.75, 3.05) is 5.32 Å². The summed E-state index contributed by atoms with van der Waals surface area (Å²) in [5, 5.41) is 5.60. The van der Waals surface area contributed by atoms with Crippen LogP contribution < -0.4 is 5.32 Å². The highest BCUT2D eigenvalue weighted by Crippen LogP contribution is 2.23. The average Bonchev–Trinajstić information content (AvgIpc) is 2.18. The summed E-state index contributed by atoms with van der Waals surface area (Å²) in [6.07, 6.45) is 0. The molecular weight excluding hydrogens is 305 g/mol. The van der Waals surface area contributed by atoms with Gasteiger partial charge in [0.15, 0.2) is 0 Å². The minimum absolute atomic E-state index is 0.763. The zero-order chi connectivity index (χ0) is 9.97. The van der Waals surface area contributed by atoms with Crippen LogP contribution in [0.15, 0.2) is 42.5 Å². The summed E-state index contributed by atoms with van der Waals surface area (Å²) in [6, 6.07) is 14.4.